The first-order valence-corrected chi connectivity index (χ1v) is 9.30. The fraction of sp³-hybridized carbons (Fsp3) is 0.409. The minimum atomic E-state index is 0.246. The zero-order valence-electron chi connectivity index (χ0n) is 15.2. The molecule has 0 unspecified atom stereocenters. The fourth-order valence-corrected chi connectivity index (χ4v) is 3.50. The maximum atomic E-state index is 12.6. The van der Waals surface area contributed by atoms with Gasteiger partial charge in [0.2, 0.25) is 5.91 Å². The van der Waals surface area contributed by atoms with E-state index in [4.69, 9.17) is 0 Å². The van der Waals surface area contributed by atoms with Crippen LogP contribution < -0.4 is 5.32 Å². The average Bonchev–Trinajstić information content (AvgIpc) is 2.63. The third kappa shape index (κ3) is 4.93. The number of piperidine rings is 1. The Morgan fingerprint density at radius 3 is 2.20 bits per heavy atom. The molecular formula is C22H28N2O. The average molecular weight is 336 g/mol. The lowest BCUT2D eigenvalue weighted by Gasteiger charge is -2.33. The van der Waals surface area contributed by atoms with E-state index in [1.807, 2.05) is 23.1 Å². The van der Waals surface area contributed by atoms with Crippen molar-refractivity contribution in [3.63, 3.8) is 0 Å². The number of benzene rings is 2. The highest BCUT2D eigenvalue weighted by atomic mass is 16.2. The summed E-state index contributed by atoms with van der Waals surface area (Å²) in [5.41, 5.74) is 3.49. The standard InChI is InChI=1S/C22H28N2O/c1-17(2)23-21-12-14-24(15-13-21)22(25)16-18-8-10-20(11-9-18)19-6-4-3-5-7-19/h3-11,17,21,23H,12-16H2,1-2H3. The second-order valence-corrected chi connectivity index (χ2v) is 7.22. The van der Waals surface area contributed by atoms with Gasteiger partial charge in [0, 0.05) is 25.2 Å². The second-order valence-electron chi connectivity index (χ2n) is 7.22. The first-order chi connectivity index (χ1) is 12.1. The maximum Gasteiger partial charge on any atom is 0.226 e. The van der Waals surface area contributed by atoms with Crippen LogP contribution in [-0.4, -0.2) is 36.0 Å². The molecule has 3 heteroatoms. The van der Waals surface area contributed by atoms with Crippen molar-refractivity contribution in [3.8, 4) is 11.1 Å². The van der Waals surface area contributed by atoms with E-state index >= 15 is 0 Å². The Hall–Kier alpha value is -2.13. The van der Waals surface area contributed by atoms with Crippen LogP contribution in [0.3, 0.4) is 0 Å². The van der Waals surface area contributed by atoms with Crippen molar-refractivity contribution >= 4 is 5.91 Å². The molecule has 3 rings (SSSR count). The SMILES string of the molecule is CC(C)NC1CCN(C(=O)Cc2ccc(-c3ccccc3)cc2)CC1. The number of likely N-dealkylation sites (tertiary alicyclic amines) is 1. The van der Waals surface area contributed by atoms with Crippen LogP contribution in [0.15, 0.2) is 54.6 Å². The summed E-state index contributed by atoms with van der Waals surface area (Å²) in [6.07, 6.45) is 2.60. The van der Waals surface area contributed by atoms with Gasteiger partial charge in [0.15, 0.2) is 0 Å². The molecule has 0 aromatic heterocycles. The van der Waals surface area contributed by atoms with Crippen molar-refractivity contribution in [2.24, 2.45) is 0 Å². The number of carbonyl (C=O) groups is 1. The number of hydrogen-bond acceptors (Lipinski definition) is 2. The predicted molar refractivity (Wildman–Crippen MR) is 103 cm³/mol. The van der Waals surface area contributed by atoms with E-state index in [0.29, 0.717) is 18.5 Å². The molecule has 1 aliphatic rings. The van der Waals surface area contributed by atoms with E-state index in [2.05, 4.69) is 55.6 Å². The van der Waals surface area contributed by atoms with E-state index in [0.717, 1.165) is 31.5 Å². The number of rotatable bonds is 5. The molecule has 1 aliphatic heterocycles. The van der Waals surface area contributed by atoms with E-state index in [9.17, 15) is 4.79 Å². The van der Waals surface area contributed by atoms with Crippen LogP contribution in [0, 0.1) is 0 Å². The predicted octanol–water partition coefficient (Wildman–Crippen LogP) is 3.89. The van der Waals surface area contributed by atoms with Crippen molar-refractivity contribution in [1.29, 1.82) is 0 Å². The highest BCUT2D eigenvalue weighted by Gasteiger charge is 2.22. The summed E-state index contributed by atoms with van der Waals surface area (Å²) in [4.78, 5) is 14.6. The summed E-state index contributed by atoms with van der Waals surface area (Å²) in [5, 5.41) is 3.57. The van der Waals surface area contributed by atoms with Gasteiger partial charge in [-0.25, -0.2) is 0 Å². The van der Waals surface area contributed by atoms with Crippen molar-refractivity contribution in [1.82, 2.24) is 10.2 Å². The first-order valence-electron chi connectivity index (χ1n) is 9.30. The van der Waals surface area contributed by atoms with Gasteiger partial charge in [-0.15, -0.1) is 0 Å². The molecule has 0 atom stereocenters. The second kappa shape index (κ2) is 8.30. The summed E-state index contributed by atoms with van der Waals surface area (Å²) in [6.45, 7) is 6.09. The Morgan fingerprint density at radius 2 is 1.60 bits per heavy atom. The van der Waals surface area contributed by atoms with Crippen molar-refractivity contribution in [3.05, 3.63) is 60.2 Å². The highest BCUT2D eigenvalue weighted by Crippen LogP contribution is 2.20. The van der Waals surface area contributed by atoms with Gasteiger partial charge in [-0.1, -0.05) is 68.4 Å². The molecule has 1 saturated heterocycles. The molecule has 2 aromatic rings. The van der Waals surface area contributed by atoms with Gasteiger partial charge in [0.05, 0.1) is 6.42 Å². The Bertz CT molecular complexity index is 671. The molecular weight excluding hydrogens is 308 g/mol. The quantitative estimate of drug-likeness (QED) is 0.898. The Balaban J connectivity index is 1.53. The molecule has 0 spiro atoms. The maximum absolute atomic E-state index is 12.6. The molecule has 0 aliphatic carbocycles. The normalized spacial score (nSPS) is 15.6. The molecule has 0 bridgehead atoms. The van der Waals surface area contributed by atoms with Crippen LogP contribution in [0.25, 0.3) is 11.1 Å². The molecule has 1 N–H and O–H groups in total. The third-order valence-corrected chi connectivity index (χ3v) is 4.83. The summed E-state index contributed by atoms with van der Waals surface area (Å²) < 4.78 is 0. The molecule has 0 radical (unpaired) electrons. The Kier molecular flexibility index (Phi) is 5.87. The summed E-state index contributed by atoms with van der Waals surface area (Å²) in [6, 6.07) is 19.8. The van der Waals surface area contributed by atoms with Crippen LogP contribution in [0.5, 0.6) is 0 Å². The molecule has 1 amide bonds. The molecule has 25 heavy (non-hydrogen) atoms. The molecule has 1 heterocycles. The fourth-order valence-electron chi connectivity index (χ4n) is 3.50. The van der Waals surface area contributed by atoms with Crippen LogP contribution >= 0.6 is 0 Å². The van der Waals surface area contributed by atoms with E-state index in [-0.39, 0.29) is 5.91 Å². The molecule has 1 fully saturated rings. The largest absolute Gasteiger partial charge is 0.342 e. The Labute approximate surface area is 151 Å². The zero-order valence-corrected chi connectivity index (χ0v) is 15.2. The van der Waals surface area contributed by atoms with Crippen LogP contribution in [0.2, 0.25) is 0 Å². The van der Waals surface area contributed by atoms with Gasteiger partial charge in [-0.3, -0.25) is 4.79 Å². The lowest BCUT2D eigenvalue weighted by molar-refractivity contribution is -0.131. The van der Waals surface area contributed by atoms with Gasteiger partial charge in [-0.2, -0.15) is 0 Å². The van der Waals surface area contributed by atoms with Crippen LogP contribution in [0.1, 0.15) is 32.3 Å². The number of nitrogens with one attached hydrogen (secondary N) is 1. The molecule has 3 nitrogen and oxygen atoms in total. The van der Waals surface area contributed by atoms with E-state index < -0.39 is 0 Å². The highest BCUT2D eigenvalue weighted by molar-refractivity contribution is 5.79. The topological polar surface area (TPSA) is 32.3 Å². The number of carbonyl (C=O) groups excluding carboxylic acids is 1. The third-order valence-electron chi connectivity index (χ3n) is 4.83. The zero-order chi connectivity index (χ0) is 17.6. The van der Waals surface area contributed by atoms with Gasteiger partial charge < -0.3 is 10.2 Å². The van der Waals surface area contributed by atoms with Gasteiger partial charge in [0.1, 0.15) is 0 Å². The lowest BCUT2D eigenvalue weighted by atomic mass is 10.0. The van der Waals surface area contributed by atoms with Crippen molar-refractivity contribution in [2.75, 3.05) is 13.1 Å². The number of nitrogens with zero attached hydrogens (tertiary/aromatic N) is 1. The molecule has 0 saturated carbocycles. The summed E-state index contributed by atoms with van der Waals surface area (Å²) in [5.74, 6) is 0.246. The smallest absolute Gasteiger partial charge is 0.226 e. The first kappa shape index (κ1) is 17.7. The minimum absolute atomic E-state index is 0.246. The molecule has 132 valence electrons. The lowest BCUT2D eigenvalue weighted by Crippen LogP contribution is -2.47. The van der Waals surface area contributed by atoms with Gasteiger partial charge >= 0.3 is 0 Å². The minimum Gasteiger partial charge on any atom is -0.342 e. The van der Waals surface area contributed by atoms with Crippen LogP contribution in [-0.2, 0) is 11.2 Å². The van der Waals surface area contributed by atoms with Crippen LogP contribution in [0.4, 0.5) is 0 Å². The number of hydrogen-bond donors (Lipinski definition) is 1. The van der Waals surface area contributed by atoms with E-state index in [1.54, 1.807) is 0 Å². The van der Waals surface area contributed by atoms with Crippen molar-refractivity contribution in [2.45, 2.75) is 45.2 Å². The summed E-state index contributed by atoms with van der Waals surface area (Å²) >= 11 is 0. The van der Waals surface area contributed by atoms with Gasteiger partial charge in [-0.05, 0) is 29.5 Å². The summed E-state index contributed by atoms with van der Waals surface area (Å²) in [7, 11) is 0. The van der Waals surface area contributed by atoms with Crippen molar-refractivity contribution < 1.29 is 4.79 Å². The van der Waals surface area contributed by atoms with Gasteiger partial charge in [0.25, 0.3) is 0 Å². The number of amides is 1. The Morgan fingerprint density at radius 1 is 1.00 bits per heavy atom. The monoisotopic (exact) mass is 336 g/mol. The molecule has 2 aromatic carbocycles. The van der Waals surface area contributed by atoms with E-state index in [1.165, 1.54) is 11.1 Å².